The molecule has 0 atom stereocenters. The minimum absolute atomic E-state index is 0.275. The molecule has 7 heteroatoms. The van der Waals surface area contributed by atoms with E-state index in [1.54, 1.807) is 0 Å². The number of amides is 1. The molecule has 0 saturated heterocycles. The molecular weight excluding hydrogens is 295 g/mol. The average Bonchev–Trinajstić information content (AvgIpc) is 2.38. The number of nitrogens with two attached hydrogens (primary N) is 1. The third-order valence-electron chi connectivity index (χ3n) is 3.88. The number of hydrogen-bond donors (Lipinski definition) is 2. The zero-order chi connectivity index (χ0) is 15.7. The number of halogens is 1. The number of benzene rings is 1. The van der Waals surface area contributed by atoms with E-state index in [1.165, 1.54) is 0 Å². The Kier molecular flexibility index (Phi) is 4.34. The fourth-order valence-electron chi connectivity index (χ4n) is 2.65. The average molecular weight is 314 g/mol. The normalized spacial score (nSPS) is 18.2. The Balaban J connectivity index is 2.26. The summed E-state index contributed by atoms with van der Waals surface area (Å²) in [7, 11) is -3.97. The van der Waals surface area contributed by atoms with Crippen LogP contribution < -0.4 is 10.5 Å². The maximum atomic E-state index is 13.8. The molecule has 2 rings (SSSR count). The lowest BCUT2D eigenvalue weighted by molar-refractivity contribution is 0.0878. The van der Waals surface area contributed by atoms with Crippen LogP contribution >= 0.6 is 0 Å². The Morgan fingerprint density at radius 1 is 1.29 bits per heavy atom. The van der Waals surface area contributed by atoms with Gasteiger partial charge in [-0.3, -0.25) is 4.79 Å². The van der Waals surface area contributed by atoms with E-state index in [1.807, 2.05) is 6.92 Å². The molecule has 1 aliphatic rings. The highest BCUT2D eigenvalue weighted by Crippen LogP contribution is 2.28. The molecule has 1 aromatic rings. The van der Waals surface area contributed by atoms with Gasteiger partial charge in [0.2, 0.25) is 10.0 Å². The Morgan fingerprint density at radius 3 is 2.48 bits per heavy atom. The van der Waals surface area contributed by atoms with E-state index in [9.17, 15) is 17.6 Å². The van der Waals surface area contributed by atoms with Gasteiger partial charge in [0.05, 0.1) is 10.5 Å². The molecule has 5 nitrogen and oxygen atoms in total. The van der Waals surface area contributed by atoms with Crippen molar-refractivity contribution in [3.8, 4) is 0 Å². The van der Waals surface area contributed by atoms with Crippen molar-refractivity contribution in [1.82, 2.24) is 5.32 Å². The lowest BCUT2D eigenvalue weighted by Gasteiger charge is -2.34. The van der Waals surface area contributed by atoms with Crippen molar-refractivity contribution in [2.75, 3.05) is 0 Å². The van der Waals surface area contributed by atoms with E-state index in [2.05, 4.69) is 5.32 Å². The van der Waals surface area contributed by atoms with Crippen molar-refractivity contribution < 1.29 is 17.6 Å². The molecule has 0 aliphatic heterocycles. The SMILES string of the molecule is CC1(NC(=O)c2cc(S(N)(=O)=O)ccc2F)CCCCC1. The quantitative estimate of drug-likeness (QED) is 0.893. The van der Waals surface area contributed by atoms with Crippen molar-refractivity contribution in [2.24, 2.45) is 5.14 Å². The second-order valence-electron chi connectivity index (χ2n) is 5.76. The Bertz CT molecular complexity index is 652. The number of carbonyl (C=O) groups excluding carboxylic acids is 1. The van der Waals surface area contributed by atoms with Gasteiger partial charge in [0.25, 0.3) is 5.91 Å². The van der Waals surface area contributed by atoms with Crippen LogP contribution in [0.1, 0.15) is 49.4 Å². The summed E-state index contributed by atoms with van der Waals surface area (Å²) in [5.74, 6) is -1.37. The van der Waals surface area contributed by atoms with Gasteiger partial charge in [-0.1, -0.05) is 19.3 Å². The van der Waals surface area contributed by atoms with E-state index >= 15 is 0 Å². The highest BCUT2D eigenvalue weighted by atomic mass is 32.2. The summed E-state index contributed by atoms with van der Waals surface area (Å²) in [5.41, 5.74) is -0.673. The van der Waals surface area contributed by atoms with Crippen molar-refractivity contribution in [2.45, 2.75) is 49.5 Å². The second-order valence-corrected chi connectivity index (χ2v) is 7.32. The van der Waals surface area contributed by atoms with Gasteiger partial charge < -0.3 is 5.32 Å². The summed E-state index contributed by atoms with van der Waals surface area (Å²) >= 11 is 0. The monoisotopic (exact) mass is 314 g/mol. The van der Waals surface area contributed by atoms with Gasteiger partial charge in [-0.15, -0.1) is 0 Å². The Labute approximate surface area is 123 Å². The molecule has 0 heterocycles. The first-order valence-electron chi connectivity index (χ1n) is 6.86. The number of hydrogen-bond acceptors (Lipinski definition) is 3. The molecule has 0 radical (unpaired) electrons. The highest BCUT2D eigenvalue weighted by molar-refractivity contribution is 7.89. The van der Waals surface area contributed by atoms with Crippen molar-refractivity contribution in [3.63, 3.8) is 0 Å². The van der Waals surface area contributed by atoms with E-state index < -0.39 is 21.7 Å². The Morgan fingerprint density at radius 2 is 1.90 bits per heavy atom. The maximum Gasteiger partial charge on any atom is 0.254 e. The topological polar surface area (TPSA) is 89.3 Å². The summed E-state index contributed by atoms with van der Waals surface area (Å²) in [6.45, 7) is 1.92. The molecule has 116 valence electrons. The van der Waals surface area contributed by atoms with Crippen LogP contribution in [-0.2, 0) is 10.0 Å². The predicted molar refractivity (Wildman–Crippen MR) is 76.7 cm³/mol. The molecule has 1 aliphatic carbocycles. The van der Waals surface area contributed by atoms with Crippen LogP contribution in [0.3, 0.4) is 0 Å². The smallest absolute Gasteiger partial charge is 0.254 e. The molecule has 1 saturated carbocycles. The summed E-state index contributed by atoms with van der Waals surface area (Å²) in [5, 5.41) is 7.82. The third kappa shape index (κ3) is 3.79. The predicted octanol–water partition coefficient (Wildman–Crippen LogP) is 1.93. The van der Waals surface area contributed by atoms with Crippen LogP contribution in [0.25, 0.3) is 0 Å². The molecule has 3 N–H and O–H groups in total. The van der Waals surface area contributed by atoms with Gasteiger partial charge in [-0.05, 0) is 38.0 Å². The molecule has 1 aromatic carbocycles. The van der Waals surface area contributed by atoms with E-state index in [-0.39, 0.29) is 16.0 Å². The van der Waals surface area contributed by atoms with Gasteiger partial charge in [-0.2, -0.15) is 0 Å². The number of primary sulfonamides is 1. The van der Waals surface area contributed by atoms with E-state index in [0.29, 0.717) is 0 Å². The largest absolute Gasteiger partial charge is 0.347 e. The summed E-state index contributed by atoms with van der Waals surface area (Å²) in [6, 6.07) is 2.97. The van der Waals surface area contributed by atoms with Crippen LogP contribution in [0.15, 0.2) is 23.1 Å². The summed E-state index contributed by atoms with van der Waals surface area (Å²) in [4.78, 5) is 12.0. The van der Waals surface area contributed by atoms with Gasteiger partial charge >= 0.3 is 0 Å². The Hall–Kier alpha value is -1.47. The lowest BCUT2D eigenvalue weighted by atomic mass is 9.83. The van der Waals surface area contributed by atoms with Crippen LogP contribution in [0.4, 0.5) is 4.39 Å². The lowest BCUT2D eigenvalue weighted by Crippen LogP contribution is -2.47. The molecule has 0 unspecified atom stereocenters. The molecule has 0 bridgehead atoms. The minimum atomic E-state index is -3.97. The first kappa shape index (κ1) is 15.9. The molecule has 1 amide bonds. The van der Waals surface area contributed by atoms with Crippen molar-refractivity contribution >= 4 is 15.9 Å². The number of nitrogens with one attached hydrogen (secondary N) is 1. The first-order chi connectivity index (χ1) is 9.71. The van der Waals surface area contributed by atoms with Crippen molar-refractivity contribution in [1.29, 1.82) is 0 Å². The molecule has 0 aromatic heterocycles. The van der Waals surface area contributed by atoms with Crippen LogP contribution in [-0.4, -0.2) is 19.9 Å². The van der Waals surface area contributed by atoms with Gasteiger partial charge in [0, 0.05) is 5.54 Å². The fourth-order valence-corrected chi connectivity index (χ4v) is 3.19. The summed E-state index contributed by atoms with van der Waals surface area (Å²) in [6.07, 6.45) is 4.80. The molecule has 0 spiro atoms. The second kappa shape index (κ2) is 5.73. The zero-order valence-corrected chi connectivity index (χ0v) is 12.7. The molecule has 1 fully saturated rings. The standard InChI is InChI=1S/C14H19FN2O3S/c1-14(7-3-2-4-8-14)17-13(18)11-9-10(21(16,19)20)5-6-12(11)15/h5-6,9H,2-4,7-8H2,1H3,(H,17,18)(H2,16,19,20). The molecular formula is C14H19FN2O3S. The fraction of sp³-hybridized carbons (Fsp3) is 0.500. The first-order valence-corrected chi connectivity index (χ1v) is 8.41. The third-order valence-corrected chi connectivity index (χ3v) is 4.79. The van der Waals surface area contributed by atoms with E-state index in [4.69, 9.17) is 5.14 Å². The minimum Gasteiger partial charge on any atom is -0.347 e. The van der Waals surface area contributed by atoms with Gasteiger partial charge in [0.15, 0.2) is 0 Å². The molecule has 21 heavy (non-hydrogen) atoms. The van der Waals surface area contributed by atoms with E-state index in [0.717, 1.165) is 50.3 Å². The maximum absolute atomic E-state index is 13.8. The number of carbonyl (C=O) groups is 1. The summed E-state index contributed by atoms with van der Waals surface area (Å²) < 4.78 is 36.4. The highest BCUT2D eigenvalue weighted by Gasteiger charge is 2.29. The van der Waals surface area contributed by atoms with Crippen LogP contribution in [0.5, 0.6) is 0 Å². The van der Waals surface area contributed by atoms with Crippen LogP contribution in [0.2, 0.25) is 0 Å². The van der Waals surface area contributed by atoms with Crippen LogP contribution in [0, 0.1) is 5.82 Å². The van der Waals surface area contributed by atoms with Gasteiger partial charge in [0.1, 0.15) is 5.82 Å². The number of rotatable bonds is 3. The number of sulfonamides is 1. The van der Waals surface area contributed by atoms with Gasteiger partial charge in [-0.25, -0.2) is 17.9 Å². The van der Waals surface area contributed by atoms with Crippen molar-refractivity contribution in [3.05, 3.63) is 29.6 Å². The zero-order valence-electron chi connectivity index (χ0n) is 11.9.